The van der Waals surface area contributed by atoms with Gasteiger partial charge in [-0.2, -0.15) is 0 Å². The van der Waals surface area contributed by atoms with E-state index in [2.05, 4.69) is 5.32 Å². The minimum absolute atomic E-state index is 0.0647. The molecule has 3 rings (SSSR count). The van der Waals surface area contributed by atoms with Crippen molar-refractivity contribution in [2.24, 2.45) is 5.14 Å². The molecule has 3 N–H and O–H groups in total. The summed E-state index contributed by atoms with van der Waals surface area (Å²) in [6.45, 7) is 0.516. The Kier molecular flexibility index (Phi) is 4.43. The lowest BCUT2D eigenvalue weighted by Gasteiger charge is -2.15. The molecule has 2 aromatic carbocycles. The van der Waals surface area contributed by atoms with Crippen LogP contribution in [0.5, 0.6) is 0 Å². The summed E-state index contributed by atoms with van der Waals surface area (Å²) < 4.78 is 22.4. The van der Waals surface area contributed by atoms with Crippen LogP contribution >= 0.6 is 0 Å². The Morgan fingerprint density at radius 2 is 1.67 bits per heavy atom. The van der Waals surface area contributed by atoms with Crippen LogP contribution in [0, 0.1) is 0 Å². The molecule has 24 heavy (non-hydrogen) atoms. The average molecular weight is 344 g/mol. The molecule has 1 saturated carbocycles. The second-order valence-electron chi connectivity index (χ2n) is 6.14. The number of amides is 1. The number of nitrogens with one attached hydrogen (secondary N) is 1. The van der Waals surface area contributed by atoms with Crippen LogP contribution in [-0.2, 0) is 26.7 Å². The maximum absolute atomic E-state index is 12.5. The summed E-state index contributed by atoms with van der Waals surface area (Å²) in [7, 11) is -3.66. The molecule has 1 aliphatic rings. The van der Waals surface area contributed by atoms with E-state index in [1.54, 1.807) is 12.1 Å². The van der Waals surface area contributed by atoms with Crippen molar-refractivity contribution in [2.75, 3.05) is 6.54 Å². The van der Waals surface area contributed by atoms with Gasteiger partial charge in [-0.25, -0.2) is 13.6 Å². The molecule has 0 heterocycles. The molecule has 0 unspecified atom stereocenters. The molecular weight excluding hydrogens is 324 g/mol. The fraction of sp³-hybridized carbons (Fsp3) is 0.278. The van der Waals surface area contributed by atoms with E-state index < -0.39 is 10.0 Å². The van der Waals surface area contributed by atoms with Crippen LogP contribution in [0.3, 0.4) is 0 Å². The summed E-state index contributed by atoms with van der Waals surface area (Å²) in [6, 6.07) is 16.3. The lowest BCUT2D eigenvalue weighted by molar-refractivity contribution is -0.123. The molecule has 1 amide bonds. The number of nitrogens with two attached hydrogens (primary N) is 1. The molecular formula is C18H20N2O3S. The van der Waals surface area contributed by atoms with Crippen molar-refractivity contribution in [3.8, 4) is 0 Å². The van der Waals surface area contributed by atoms with Crippen molar-refractivity contribution in [3.63, 3.8) is 0 Å². The fourth-order valence-electron chi connectivity index (χ4n) is 2.86. The molecule has 1 fully saturated rings. The maximum atomic E-state index is 12.5. The van der Waals surface area contributed by atoms with Crippen molar-refractivity contribution in [3.05, 3.63) is 65.7 Å². The average Bonchev–Trinajstić information content (AvgIpc) is 3.37. The zero-order valence-corrected chi connectivity index (χ0v) is 14.1. The van der Waals surface area contributed by atoms with E-state index in [0.29, 0.717) is 13.0 Å². The Morgan fingerprint density at radius 1 is 1.04 bits per heavy atom. The summed E-state index contributed by atoms with van der Waals surface area (Å²) in [5.41, 5.74) is 1.66. The third kappa shape index (κ3) is 3.49. The number of carbonyl (C=O) groups is 1. The Bertz CT molecular complexity index is 826. The number of sulfonamides is 1. The van der Waals surface area contributed by atoms with Gasteiger partial charge in [0.1, 0.15) is 0 Å². The first-order valence-corrected chi connectivity index (χ1v) is 9.42. The molecule has 0 atom stereocenters. The standard InChI is InChI=1S/C18H20N2O3S/c19-24(22,23)16-8-6-14(7-9-16)10-13-20-17(21)18(11-12-18)15-4-2-1-3-5-15/h1-9H,10-13H2,(H,20,21)(H2,19,22,23). The largest absolute Gasteiger partial charge is 0.355 e. The Labute approximate surface area is 141 Å². The number of carbonyl (C=O) groups excluding carboxylic acids is 1. The van der Waals surface area contributed by atoms with Gasteiger partial charge >= 0.3 is 0 Å². The molecule has 1 aliphatic carbocycles. The first kappa shape index (κ1) is 16.7. The minimum atomic E-state index is -3.66. The SMILES string of the molecule is NS(=O)(=O)c1ccc(CCNC(=O)C2(c3ccccc3)CC2)cc1. The first-order chi connectivity index (χ1) is 11.4. The molecule has 0 bridgehead atoms. The van der Waals surface area contributed by atoms with Gasteiger partial charge in [0.15, 0.2) is 0 Å². The molecule has 2 aromatic rings. The van der Waals surface area contributed by atoms with Crippen molar-refractivity contribution in [2.45, 2.75) is 29.6 Å². The third-order valence-corrected chi connectivity index (χ3v) is 5.39. The highest BCUT2D eigenvalue weighted by Crippen LogP contribution is 2.48. The Balaban J connectivity index is 1.56. The molecule has 0 aliphatic heterocycles. The van der Waals surface area contributed by atoms with E-state index in [0.717, 1.165) is 24.0 Å². The van der Waals surface area contributed by atoms with Crippen LogP contribution in [0.2, 0.25) is 0 Å². The lowest BCUT2D eigenvalue weighted by atomic mass is 9.95. The van der Waals surface area contributed by atoms with Gasteiger partial charge in [0.05, 0.1) is 10.3 Å². The predicted molar refractivity (Wildman–Crippen MR) is 91.9 cm³/mol. The highest BCUT2D eigenvalue weighted by Gasteiger charge is 2.50. The molecule has 5 nitrogen and oxygen atoms in total. The first-order valence-electron chi connectivity index (χ1n) is 7.87. The van der Waals surface area contributed by atoms with Crippen molar-refractivity contribution >= 4 is 15.9 Å². The minimum Gasteiger partial charge on any atom is -0.355 e. The highest BCUT2D eigenvalue weighted by atomic mass is 32.2. The number of hydrogen-bond donors (Lipinski definition) is 2. The molecule has 126 valence electrons. The van der Waals surface area contributed by atoms with Crippen LogP contribution < -0.4 is 10.5 Å². The van der Waals surface area contributed by atoms with E-state index in [9.17, 15) is 13.2 Å². The van der Waals surface area contributed by atoms with Crippen LogP contribution in [0.25, 0.3) is 0 Å². The second-order valence-corrected chi connectivity index (χ2v) is 7.70. The van der Waals surface area contributed by atoms with Crippen LogP contribution in [0.4, 0.5) is 0 Å². The zero-order chi connectivity index (χ0) is 17.2. The number of benzene rings is 2. The maximum Gasteiger partial charge on any atom is 0.238 e. The molecule has 0 aromatic heterocycles. The third-order valence-electron chi connectivity index (χ3n) is 4.46. The summed E-state index contributed by atoms with van der Waals surface area (Å²) >= 11 is 0. The van der Waals surface area contributed by atoms with E-state index in [1.807, 2.05) is 30.3 Å². The van der Waals surface area contributed by atoms with Gasteiger partial charge in [-0.05, 0) is 42.5 Å². The zero-order valence-electron chi connectivity index (χ0n) is 13.2. The predicted octanol–water partition coefficient (Wildman–Crippen LogP) is 1.72. The van der Waals surface area contributed by atoms with Crippen molar-refractivity contribution < 1.29 is 13.2 Å². The molecule has 0 saturated heterocycles. The van der Waals surface area contributed by atoms with E-state index in [-0.39, 0.29) is 16.2 Å². The smallest absolute Gasteiger partial charge is 0.238 e. The van der Waals surface area contributed by atoms with Gasteiger partial charge < -0.3 is 5.32 Å². The topological polar surface area (TPSA) is 89.3 Å². The van der Waals surface area contributed by atoms with Crippen molar-refractivity contribution in [1.82, 2.24) is 5.32 Å². The normalized spacial score (nSPS) is 15.7. The molecule has 6 heteroatoms. The lowest BCUT2D eigenvalue weighted by Crippen LogP contribution is -2.35. The van der Waals surface area contributed by atoms with E-state index in [1.165, 1.54) is 12.1 Å². The van der Waals surface area contributed by atoms with Crippen LogP contribution in [-0.4, -0.2) is 20.9 Å². The van der Waals surface area contributed by atoms with E-state index in [4.69, 9.17) is 5.14 Å². The van der Waals surface area contributed by atoms with E-state index >= 15 is 0 Å². The number of primary sulfonamides is 1. The quantitative estimate of drug-likeness (QED) is 0.836. The number of hydrogen-bond acceptors (Lipinski definition) is 3. The van der Waals surface area contributed by atoms with Gasteiger partial charge in [-0.15, -0.1) is 0 Å². The summed E-state index contributed by atoms with van der Waals surface area (Å²) in [5, 5.41) is 8.07. The molecule has 0 spiro atoms. The molecule has 0 radical (unpaired) electrons. The van der Waals surface area contributed by atoms with Crippen LogP contribution in [0.15, 0.2) is 59.5 Å². The Morgan fingerprint density at radius 3 is 2.21 bits per heavy atom. The van der Waals surface area contributed by atoms with Gasteiger partial charge in [0, 0.05) is 6.54 Å². The summed E-state index contributed by atoms with van der Waals surface area (Å²) in [5.74, 6) is 0.0647. The number of rotatable bonds is 6. The van der Waals surface area contributed by atoms with Gasteiger partial charge in [-0.3, -0.25) is 4.79 Å². The Hall–Kier alpha value is -2.18. The van der Waals surface area contributed by atoms with Crippen LogP contribution in [0.1, 0.15) is 24.0 Å². The second kappa shape index (κ2) is 6.37. The monoisotopic (exact) mass is 344 g/mol. The van der Waals surface area contributed by atoms with Gasteiger partial charge in [0.2, 0.25) is 15.9 Å². The van der Waals surface area contributed by atoms with Crippen molar-refractivity contribution in [1.29, 1.82) is 0 Å². The van der Waals surface area contributed by atoms with Gasteiger partial charge in [-0.1, -0.05) is 42.5 Å². The summed E-state index contributed by atoms with van der Waals surface area (Å²) in [6.07, 6.45) is 2.40. The highest BCUT2D eigenvalue weighted by molar-refractivity contribution is 7.89. The fourth-order valence-corrected chi connectivity index (χ4v) is 3.38. The van der Waals surface area contributed by atoms with Gasteiger partial charge in [0.25, 0.3) is 0 Å². The summed E-state index contributed by atoms with van der Waals surface area (Å²) in [4.78, 5) is 12.6.